The lowest BCUT2D eigenvalue weighted by Gasteiger charge is -2.19. The highest BCUT2D eigenvalue weighted by Gasteiger charge is 2.18. The van der Waals surface area contributed by atoms with Crippen molar-refractivity contribution in [3.05, 3.63) is 28.8 Å². The summed E-state index contributed by atoms with van der Waals surface area (Å²) < 4.78 is 5.55. The van der Waals surface area contributed by atoms with Crippen LogP contribution in [0.15, 0.2) is 18.2 Å². The summed E-state index contributed by atoms with van der Waals surface area (Å²) in [4.78, 5) is 11.9. The maximum Gasteiger partial charge on any atom is 0.260 e. The predicted molar refractivity (Wildman–Crippen MR) is 80.1 cm³/mol. The summed E-state index contributed by atoms with van der Waals surface area (Å²) in [5, 5.41) is 12.8. The first-order valence-corrected chi connectivity index (χ1v) is 7.07. The van der Waals surface area contributed by atoms with E-state index in [9.17, 15) is 9.90 Å². The lowest BCUT2D eigenvalue weighted by Crippen LogP contribution is -2.41. The summed E-state index contributed by atoms with van der Waals surface area (Å²) in [6.07, 6.45) is -1.23. The number of carbonyl (C=O) groups excluding carboxylic acids is 1. The molecule has 2 unspecified atom stereocenters. The molecule has 0 bridgehead atoms. The van der Waals surface area contributed by atoms with Gasteiger partial charge in [-0.25, -0.2) is 0 Å². The Morgan fingerprint density at radius 1 is 1.40 bits per heavy atom. The molecule has 112 valence electrons. The van der Waals surface area contributed by atoms with Crippen LogP contribution in [0.4, 0.5) is 0 Å². The Bertz CT molecular complexity index is 462. The molecular formula is C15H22ClNO3. The van der Waals surface area contributed by atoms with Crippen molar-refractivity contribution in [3.63, 3.8) is 0 Å². The molecule has 5 heteroatoms. The zero-order chi connectivity index (χ0) is 15.3. The van der Waals surface area contributed by atoms with Crippen LogP contribution >= 0.6 is 11.6 Å². The highest BCUT2D eigenvalue weighted by Crippen LogP contribution is 2.26. The van der Waals surface area contributed by atoms with E-state index in [0.717, 1.165) is 5.56 Å². The van der Waals surface area contributed by atoms with Crippen molar-refractivity contribution in [2.24, 2.45) is 5.92 Å². The molecule has 1 aromatic rings. The molecule has 1 rings (SSSR count). The molecule has 0 spiro atoms. The van der Waals surface area contributed by atoms with Crippen molar-refractivity contribution in [3.8, 4) is 5.75 Å². The normalized spacial score (nSPS) is 13.9. The van der Waals surface area contributed by atoms with E-state index in [0.29, 0.717) is 10.8 Å². The van der Waals surface area contributed by atoms with E-state index in [1.165, 1.54) is 0 Å². The number of aliphatic hydroxyl groups is 1. The van der Waals surface area contributed by atoms with Crippen LogP contribution in [0.3, 0.4) is 0 Å². The third-order valence-electron chi connectivity index (χ3n) is 3.01. The number of carbonyl (C=O) groups is 1. The van der Waals surface area contributed by atoms with Crippen molar-refractivity contribution < 1.29 is 14.6 Å². The van der Waals surface area contributed by atoms with Crippen LogP contribution in [-0.4, -0.2) is 29.8 Å². The smallest absolute Gasteiger partial charge is 0.260 e. The SMILES string of the molecule is Cc1ccc(Cl)c(OC(C)C(=O)NCC(O)C(C)C)c1. The van der Waals surface area contributed by atoms with Crippen LogP contribution in [0, 0.1) is 12.8 Å². The number of rotatable bonds is 6. The Labute approximate surface area is 125 Å². The number of aryl methyl sites for hydroxylation is 1. The second-order valence-electron chi connectivity index (χ2n) is 5.25. The van der Waals surface area contributed by atoms with Gasteiger partial charge in [-0.05, 0) is 37.5 Å². The monoisotopic (exact) mass is 299 g/mol. The summed E-state index contributed by atoms with van der Waals surface area (Å²) in [5.41, 5.74) is 1.01. The fraction of sp³-hybridized carbons (Fsp3) is 0.533. The van der Waals surface area contributed by atoms with Crippen LogP contribution in [0.1, 0.15) is 26.3 Å². The third kappa shape index (κ3) is 5.02. The third-order valence-corrected chi connectivity index (χ3v) is 3.33. The molecule has 1 aromatic carbocycles. The zero-order valence-corrected chi connectivity index (χ0v) is 13.1. The van der Waals surface area contributed by atoms with Gasteiger partial charge < -0.3 is 15.2 Å². The Hall–Kier alpha value is -1.26. The Morgan fingerprint density at radius 3 is 2.65 bits per heavy atom. The average Bonchev–Trinajstić information content (AvgIpc) is 2.39. The summed E-state index contributed by atoms with van der Waals surface area (Å²) in [6.45, 7) is 7.57. The van der Waals surface area contributed by atoms with Gasteiger partial charge in [0.2, 0.25) is 0 Å². The first kappa shape index (κ1) is 16.8. The Balaban J connectivity index is 2.55. The maximum absolute atomic E-state index is 11.9. The molecule has 4 nitrogen and oxygen atoms in total. The van der Waals surface area contributed by atoms with Crippen molar-refractivity contribution in [1.82, 2.24) is 5.32 Å². The van der Waals surface area contributed by atoms with Gasteiger partial charge in [-0.2, -0.15) is 0 Å². The van der Waals surface area contributed by atoms with Gasteiger partial charge in [0.15, 0.2) is 6.10 Å². The van der Waals surface area contributed by atoms with Crippen LogP contribution < -0.4 is 10.1 Å². The van der Waals surface area contributed by atoms with Gasteiger partial charge in [0.05, 0.1) is 11.1 Å². The first-order chi connectivity index (χ1) is 9.31. The topological polar surface area (TPSA) is 58.6 Å². The zero-order valence-electron chi connectivity index (χ0n) is 12.3. The van der Waals surface area contributed by atoms with Gasteiger partial charge in [-0.15, -0.1) is 0 Å². The number of amides is 1. The summed E-state index contributed by atoms with van der Waals surface area (Å²) in [6, 6.07) is 5.40. The number of nitrogens with one attached hydrogen (secondary N) is 1. The average molecular weight is 300 g/mol. The molecule has 0 aromatic heterocycles. The van der Waals surface area contributed by atoms with Gasteiger partial charge in [-0.3, -0.25) is 4.79 Å². The summed E-state index contributed by atoms with van der Waals surface area (Å²) in [7, 11) is 0. The summed E-state index contributed by atoms with van der Waals surface area (Å²) in [5.74, 6) is 0.304. The van der Waals surface area contributed by atoms with Crippen molar-refractivity contribution >= 4 is 17.5 Å². The van der Waals surface area contributed by atoms with E-state index in [1.807, 2.05) is 26.8 Å². The molecule has 0 aliphatic carbocycles. The number of hydrogen-bond acceptors (Lipinski definition) is 3. The molecule has 0 heterocycles. The predicted octanol–water partition coefficient (Wildman–Crippen LogP) is 2.55. The molecule has 2 N–H and O–H groups in total. The van der Waals surface area contributed by atoms with Crippen LogP contribution in [0.5, 0.6) is 5.75 Å². The second kappa shape index (κ2) is 7.50. The largest absolute Gasteiger partial charge is 0.479 e. The van der Waals surface area contributed by atoms with Crippen molar-refractivity contribution in [1.29, 1.82) is 0 Å². The van der Waals surface area contributed by atoms with Gasteiger partial charge in [0.25, 0.3) is 5.91 Å². The lowest BCUT2D eigenvalue weighted by molar-refractivity contribution is -0.127. The van der Waals surface area contributed by atoms with E-state index in [1.54, 1.807) is 19.1 Å². The number of halogens is 1. The minimum Gasteiger partial charge on any atom is -0.479 e. The Kier molecular flexibility index (Phi) is 6.30. The van der Waals surface area contributed by atoms with Gasteiger partial charge >= 0.3 is 0 Å². The van der Waals surface area contributed by atoms with Gasteiger partial charge in [-0.1, -0.05) is 31.5 Å². The van der Waals surface area contributed by atoms with E-state index in [2.05, 4.69) is 5.32 Å². The summed E-state index contributed by atoms with van der Waals surface area (Å²) >= 11 is 6.02. The lowest BCUT2D eigenvalue weighted by atomic mass is 10.1. The quantitative estimate of drug-likeness (QED) is 0.849. The molecule has 2 atom stereocenters. The minimum absolute atomic E-state index is 0.0951. The van der Waals surface area contributed by atoms with E-state index in [4.69, 9.17) is 16.3 Å². The molecule has 0 radical (unpaired) electrons. The number of ether oxygens (including phenoxy) is 1. The molecular weight excluding hydrogens is 278 g/mol. The molecule has 0 aliphatic rings. The van der Waals surface area contributed by atoms with Gasteiger partial charge in [0.1, 0.15) is 5.75 Å². The number of benzene rings is 1. The molecule has 0 saturated heterocycles. The second-order valence-corrected chi connectivity index (χ2v) is 5.66. The fourth-order valence-corrected chi connectivity index (χ4v) is 1.69. The highest BCUT2D eigenvalue weighted by atomic mass is 35.5. The molecule has 1 amide bonds. The van der Waals surface area contributed by atoms with Gasteiger partial charge in [0, 0.05) is 6.54 Å². The number of hydrogen-bond donors (Lipinski definition) is 2. The van der Waals surface area contributed by atoms with Crippen molar-refractivity contribution in [2.75, 3.05) is 6.54 Å². The minimum atomic E-state index is -0.673. The van der Waals surface area contributed by atoms with Crippen LogP contribution in [-0.2, 0) is 4.79 Å². The van der Waals surface area contributed by atoms with E-state index < -0.39 is 12.2 Å². The number of aliphatic hydroxyl groups excluding tert-OH is 1. The van der Waals surface area contributed by atoms with Crippen molar-refractivity contribution in [2.45, 2.75) is 39.9 Å². The fourth-order valence-electron chi connectivity index (χ4n) is 1.53. The Morgan fingerprint density at radius 2 is 2.05 bits per heavy atom. The molecule has 0 fully saturated rings. The van der Waals surface area contributed by atoms with E-state index >= 15 is 0 Å². The first-order valence-electron chi connectivity index (χ1n) is 6.70. The standard InChI is InChI=1S/C15H22ClNO3/c1-9(2)13(18)8-17-15(19)11(4)20-14-7-10(3)5-6-12(14)16/h5-7,9,11,13,18H,8H2,1-4H3,(H,17,19). The molecule has 0 saturated carbocycles. The molecule has 0 aliphatic heterocycles. The van der Waals surface area contributed by atoms with Crippen LogP contribution in [0.25, 0.3) is 0 Å². The maximum atomic E-state index is 11.9. The van der Waals surface area contributed by atoms with Crippen LogP contribution in [0.2, 0.25) is 5.02 Å². The highest BCUT2D eigenvalue weighted by molar-refractivity contribution is 6.32. The van der Waals surface area contributed by atoms with E-state index in [-0.39, 0.29) is 18.4 Å². The molecule has 20 heavy (non-hydrogen) atoms.